The van der Waals surface area contributed by atoms with Crippen molar-refractivity contribution >= 4 is 11.6 Å². The van der Waals surface area contributed by atoms with Crippen LogP contribution in [0, 0.1) is 13.8 Å². The summed E-state index contributed by atoms with van der Waals surface area (Å²) in [6.07, 6.45) is 0.954. The summed E-state index contributed by atoms with van der Waals surface area (Å²) < 4.78 is 0. The fourth-order valence-corrected chi connectivity index (χ4v) is 1.69. The number of benzene rings is 1. The molecule has 1 aromatic rings. The molecule has 0 aliphatic carbocycles. The van der Waals surface area contributed by atoms with Gasteiger partial charge in [0.15, 0.2) is 0 Å². The maximum atomic E-state index is 11.6. The maximum Gasteiger partial charge on any atom is 0.239 e. The van der Waals surface area contributed by atoms with E-state index in [2.05, 4.69) is 17.6 Å². The first-order chi connectivity index (χ1) is 8.04. The van der Waals surface area contributed by atoms with Gasteiger partial charge in [-0.2, -0.15) is 0 Å². The van der Waals surface area contributed by atoms with E-state index < -0.39 is 0 Å². The Balaban J connectivity index is 2.53. The summed E-state index contributed by atoms with van der Waals surface area (Å²) in [6.45, 7) is 8.49. The van der Waals surface area contributed by atoms with Crippen LogP contribution >= 0.6 is 0 Å². The van der Waals surface area contributed by atoms with Crippen LogP contribution in [0.5, 0.6) is 0 Å². The lowest BCUT2D eigenvalue weighted by atomic mass is 10.1. The maximum absolute atomic E-state index is 11.6. The molecule has 0 saturated heterocycles. The van der Waals surface area contributed by atoms with Gasteiger partial charge in [0.25, 0.3) is 0 Å². The van der Waals surface area contributed by atoms with Crippen molar-refractivity contribution in [2.45, 2.75) is 40.2 Å². The zero-order valence-corrected chi connectivity index (χ0v) is 11.1. The Hall–Kier alpha value is -1.51. The molecule has 2 N–H and O–H groups in total. The minimum Gasteiger partial charge on any atom is -0.376 e. The number of rotatable bonds is 5. The van der Waals surface area contributed by atoms with Crippen molar-refractivity contribution in [3.63, 3.8) is 0 Å². The van der Waals surface area contributed by atoms with Gasteiger partial charge in [0.05, 0.1) is 6.54 Å². The molecule has 1 amide bonds. The lowest BCUT2D eigenvalue weighted by molar-refractivity contribution is -0.120. The molecule has 0 fully saturated rings. The summed E-state index contributed by atoms with van der Waals surface area (Å²) >= 11 is 0. The quantitative estimate of drug-likeness (QED) is 0.822. The van der Waals surface area contributed by atoms with Crippen LogP contribution in [0.15, 0.2) is 18.2 Å². The highest BCUT2D eigenvalue weighted by Crippen LogP contribution is 2.18. The van der Waals surface area contributed by atoms with Crippen molar-refractivity contribution in [3.8, 4) is 0 Å². The minimum atomic E-state index is 0.0435. The van der Waals surface area contributed by atoms with E-state index in [1.165, 1.54) is 11.1 Å². The molecule has 0 spiro atoms. The van der Waals surface area contributed by atoms with Crippen molar-refractivity contribution in [2.24, 2.45) is 0 Å². The van der Waals surface area contributed by atoms with Gasteiger partial charge in [-0.25, -0.2) is 0 Å². The molecular weight excluding hydrogens is 212 g/mol. The molecule has 94 valence electrons. The second kappa shape index (κ2) is 6.28. The van der Waals surface area contributed by atoms with Crippen LogP contribution in [-0.4, -0.2) is 18.5 Å². The molecular formula is C14H22N2O. The molecule has 1 aromatic carbocycles. The van der Waals surface area contributed by atoms with Crippen molar-refractivity contribution in [3.05, 3.63) is 29.3 Å². The summed E-state index contributed by atoms with van der Waals surface area (Å²) in [5.41, 5.74) is 3.40. The summed E-state index contributed by atoms with van der Waals surface area (Å²) in [6, 6.07) is 6.35. The molecule has 3 heteroatoms. The van der Waals surface area contributed by atoms with Gasteiger partial charge in [-0.15, -0.1) is 0 Å². The molecule has 0 aliphatic heterocycles. The Labute approximate surface area is 104 Å². The first-order valence-corrected chi connectivity index (χ1v) is 6.14. The zero-order chi connectivity index (χ0) is 12.8. The first-order valence-electron chi connectivity index (χ1n) is 6.14. The zero-order valence-electron chi connectivity index (χ0n) is 11.1. The van der Waals surface area contributed by atoms with Crippen LogP contribution < -0.4 is 10.6 Å². The molecule has 17 heavy (non-hydrogen) atoms. The van der Waals surface area contributed by atoms with E-state index in [1.807, 2.05) is 39.0 Å². The predicted octanol–water partition coefficient (Wildman–Crippen LogP) is 2.63. The van der Waals surface area contributed by atoms with Gasteiger partial charge in [0.2, 0.25) is 5.91 Å². The van der Waals surface area contributed by atoms with Gasteiger partial charge in [-0.1, -0.05) is 25.1 Å². The Bertz CT molecular complexity index is 368. The predicted molar refractivity (Wildman–Crippen MR) is 72.3 cm³/mol. The fourth-order valence-electron chi connectivity index (χ4n) is 1.69. The molecule has 1 atom stereocenters. The molecule has 1 unspecified atom stereocenters. The first kappa shape index (κ1) is 13.6. The van der Waals surface area contributed by atoms with E-state index >= 15 is 0 Å². The number of para-hydroxylation sites is 1. The molecule has 3 nitrogen and oxygen atoms in total. The number of nitrogens with one attached hydrogen (secondary N) is 2. The highest BCUT2D eigenvalue weighted by atomic mass is 16.1. The van der Waals surface area contributed by atoms with Gasteiger partial charge in [-0.05, 0) is 38.3 Å². The summed E-state index contributed by atoms with van der Waals surface area (Å²) in [5, 5.41) is 6.14. The number of carbonyl (C=O) groups excluding carboxylic acids is 1. The lowest BCUT2D eigenvalue weighted by Crippen LogP contribution is -2.36. The molecule has 0 saturated carbocycles. The van der Waals surface area contributed by atoms with Crippen LogP contribution in [0.3, 0.4) is 0 Å². The van der Waals surface area contributed by atoms with E-state index in [-0.39, 0.29) is 11.9 Å². The number of carbonyl (C=O) groups is 1. The van der Waals surface area contributed by atoms with Crippen LogP contribution in [0.25, 0.3) is 0 Å². The highest BCUT2D eigenvalue weighted by molar-refractivity contribution is 5.81. The number of anilines is 1. The number of aryl methyl sites for hydroxylation is 2. The largest absolute Gasteiger partial charge is 0.376 e. The van der Waals surface area contributed by atoms with Gasteiger partial charge < -0.3 is 10.6 Å². The third-order valence-electron chi connectivity index (χ3n) is 2.93. The third-order valence-corrected chi connectivity index (χ3v) is 2.93. The minimum absolute atomic E-state index is 0.0435. The molecule has 1 rings (SSSR count). The standard InChI is InChI=1S/C14H22N2O/c1-5-12(4)16-13(17)9-15-14-10(2)7-6-8-11(14)3/h6-8,12,15H,5,9H2,1-4H3,(H,16,17). The van der Waals surface area contributed by atoms with Crippen LogP contribution in [0.4, 0.5) is 5.69 Å². The van der Waals surface area contributed by atoms with Gasteiger partial charge >= 0.3 is 0 Å². The Morgan fingerprint density at radius 2 is 1.88 bits per heavy atom. The number of hydrogen-bond donors (Lipinski definition) is 2. The van der Waals surface area contributed by atoms with E-state index in [4.69, 9.17) is 0 Å². The average Bonchev–Trinajstić information content (AvgIpc) is 2.28. The molecule has 0 heterocycles. The average molecular weight is 234 g/mol. The van der Waals surface area contributed by atoms with Crippen molar-refractivity contribution < 1.29 is 4.79 Å². The summed E-state index contributed by atoms with van der Waals surface area (Å²) in [7, 11) is 0. The molecule has 0 bridgehead atoms. The van der Waals surface area contributed by atoms with Crippen molar-refractivity contribution in [1.29, 1.82) is 0 Å². The van der Waals surface area contributed by atoms with Crippen LogP contribution in [-0.2, 0) is 4.79 Å². The lowest BCUT2D eigenvalue weighted by Gasteiger charge is -2.14. The van der Waals surface area contributed by atoms with Crippen LogP contribution in [0.1, 0.15) is 31.4 Å². The normalized spacial score (nSPS) is 12.0. The van der Waals surface area contributed by atoms with Gasteiger partial charge in [0, 0.05) is 11.7 Å². The Kier molecular flexibility index (Phi) is 5.01. The SMILES string of the molecule is CCC(C)NC(=O)CNc1c(C)cccc1C. The Morgan fingerprint density at radius 3 is 2.41 bits per heavy atom. The Morgan fingerprint density at radius 1 is 1.29 bits per heavy atom. The van der Waals surface area contributed by atoms with Crippen LogP contribution in [0.2, 0.25) is 0 Å². The monoisotopic (exact) mass is 234 g/mol. The number of hydrogen-bond acceptors (Lipinski definition) is 2. The molecule has 0 aliphatic rings. The van der Waals surface area contributed by atoms with Gasteiger partial charge in [-0.3, -0.25) is 4.79 Å². The molecule has 0 aromatic heterocycles. The second-order valence-corrected chi connectivity index (χ2v) is 4.50. The van der Waals surface area contributed by atoms with E-state index in [0.29, 0.717) is 6.54 Å². The molecule has 0 radical (unpaired) electrons. The van der Waals surface area contributed by atoms with E-state index in [1.54, 1.807) is 0 Å². The second-order valence-electron chi connectivity index (χ2n) is 4.50. The van der Waals surface area contributed by atoms with Crippen molar-refractivity contribution in [1.82, 2.24) is 5.32 Å². The smallest absolute Gasteiger partial charge is 0.239 e. The highest BCUT2D eigenvalue weighted by Gasteiger charge is 2.07. The topological polar surface area (TPSA) is 41.1 Å². The number of amides is 1. The van der Waals surface area contributed by atoms with Crippen molar-refractivity contribution in [2.75, 3.05) is 11.9 Å². The summed E-state index contributed by atoms with van der Waals surface area (Å²) in [5.74, 6) is 0.0435. The summed E-state index contributed by atoms with van der Waals surface area (Å²) in [4.78, 5) is 11.6. The van der Waals surface area contributed by atoms with Gasteiger partial charge in [0.1, 0.15) is 0 Å². The van der Waals surface area contributed by atoms with E-state index in [0.717, 1.165) is 12.1 Å². The third kappa shape index (κ3) is 4.10. The van der Waals surface area contributed by atoms with E-state index in [9.17, 15) is 4.79 Å². The fraction of sp³-hybridized carbons (Fsp3) is 0.500.